The molecule has 24 heavy (non-hydrogen) atoms. The van der Waals surface area contributed by atoms with Crippen molar-refractivity contribution < 1.29 is 17.9 Å². The Hall–Kier alpha value is -1.16. The second-order valence-electron chi connectivity index (χ2n) is 7.03. The van der Waals surface area contributed by atoms with Gasteiger partial charge < -0.3 is 4.74 Å². The first-order chi connectivity index (χ1) is 11.1. The number of benzene rings is 1. The summed E-state index contributed by atoms with van der Waals surface area (Å²) < 4.78 is 45.9. The molecule has 1 nitrogen and oxygen atoms in total. The topological polar surface area (TPSA) is 9.23 Å². The second kappa shape index (κ2) is 6.62. The summed E-state index contributed by atoms with van der Waals surface area (Å²) in [5.74, 6) is 0.251. The van der Waals surface area contributed by atoms with E-state index in [-0.39, 0.29) is 17.6 Å². The summed E-state index contributed by atoms with van der Waals surface area (Å²) in [4.78, 5) is 0. The zero-order valence-corrected chi connectivity index (χ0v) is 15.3. The van der Waals surface area contributed by atoms with Crippen molar-refractivity contribution in [3.05, 3.63) is 34.4 Å². The van der Waals surface area contributed by atoms with Crippen LogP contribution in [-0.2, 0) is 5.41 Å². The molecule has 1 aromatic rings. The number of unbranched alkanes of at least 4 members (excludes halogenated alkanes) is 1. The summed E-state index contributed by atoms with van der Waals surface area (Å²) in [5.41, 5.74) is -1.07. The normalized spacial score (nSPS) is 20.7. The van der Waals surface area contributed by atoms with Gasteiger partial charge in [-0.3, -0.25) is 0 Å². The Kier molecular flexibility index (Phi) is 5.29. The summed E-state index contributed by atoms with van der Waals surface area (Å²) in [6.45, 7) is 7.71. The van der Waals surface area contributed by atoms with Crippen LogP contribution in [0.25, 0.3) is 6.08 Å². The highest BCUT2D eigenvalue weighted by Gasteiger charge is 2.55. The number of alkyl halides is 3. The monoisotopic (exact) mass is 360 g/mol. The quantitative estimate of drug-likeness (QED) is 0.553. The summed E-state index contributed by atoms with van der Waals surface area (Å²) in [5, 5.41) is 0.569. The fourth-order valence-corrected chi connectivity index (χ4v) is 3.48. The molecule has 1 aromatic carbocycles. The van der Waals surface area contributed by atoms with Crippen LogP contribution in [0.5, 0.6) is 5.75 Å². The van der Waals surface area contributed by atoms with Crippen LogP contribution in [0, 0.1) is 0 Å². The first-order valence-electron chi connectivity index (χ1n) is 8.35. The molecule has 0 aromatic heterocycles. The minimum atomic E-state index is -4.46. The molecule has 0 amide bonds. The predicted octanol–water partition coefficient (Wildman–Crippen LogP) is 6.92. The van der Waals surface area contributed by atoms with Crippen LogP contribution < -0.4 is 4.74 Å². The summed E-state index contributed by atoms with van der Waals surface area (Å²) in [6, 6.07) is 3.39. The molecule has 2 rings (SSSR count). The van der Waals surface area contributed by atoms with Crippen LogP contribution in [0.4, 0.5) is 13.2 Å². The van der Waals surface area contributed by atoms with Crippen molar-refractivity contribution in [2.45, 2.75) is 70.6 Å². The highest BCUT2D eigenvalue weighted by atomic mass is 35.5. The van der Waals surface area contributed by atoms with E-state index in [2.05, 4.69) is 20.8 Å². The molecular formula is C19H24ClF3O. The van der Waals surface area contributed by atoms with Gasteiger partial charge in [0.15, 0.2) is 0 Å². The first kappa shape index (κ1) is 19.2. The predicted molar refractivity (Wildman–Crippen MR) is 92.7 cm³/mol. The number of hydrogen-bond acceptors (Lipinski definition) is 1. The van der Waals surface area contributed by atoms with Gasteiger partial charge in [0.1, 0.15) is 5.75 Å². The average Bonchev–Trinajstić information content (AvgIpc) is 2.50. The maximum atomic E-state index is 13.5. The molecule has 0 aliphatic carbocycles. The maximum Gasteiger partial charge on any atom is 0.432 e. The SMILES string of the molecule is CCCCC(C)(C)c1cc2c(cc1Cl)C=CC(CC)(C(F)(F)F)O2. The highest BCUT2D eigenvalue weighted by molar-refractivity contribution is 6.31. The molecule has 1 heterocycles. The molecule has 0 saturated carbocycles. The standard InChI is InChI=1S/C19H24ClF3O/c1-5-7-9-17(3,4)14-12-16-13(11-15(14)20)8-10-18(6-2,24-16)19(21,22)23/h8,10-12H,5-7,9H2,1-4H3. The summed E-state index contributed by atoms with van der Waals surface area (Å²) in [6.07, 6.45) is 0.909. The van der Waals surface area contributed by atoms with Gasteiger partial charge in [0, 0.05) is 10.6 Å². The molecule has 1 unspecified atom stereocenters. The van der Waals surface area contributed by atoms with E-state index < -0.39 is 11.8 Å². The van der Waals surface area contributed by atoms with Crippen molar-refractivity contribution in [2.24, 2.45) is 0 Å². The Morgan fingerprint density at radius 2 is 1.83 bits per heavy atom. The Bertz CT molecular complexity index is 634. The molecule has 0 radical (unpaired) electrons. The van der Waals surface area contributed by atoms with Crippen LogP contribution >= 0.6 is 11.6 Å². The van der Waals surface area contributed by atoms with Crippen molar-refractivity contribution in [2.75, 3.05) is 0 Å². The second-order valence-corrected chi connectivity index (χ2v) is 7.44. The molecule has 1 aliphatic heterocycles. The third-order valence-corrected chi connectivity index (χ3v) is 5.13. The van der Waals surface area contributed by atoms with Crippen molar-refractivity contribution in [1.82, 2.24) is 0 Å². The van der Waals surface area contributed by atoms with E-state index in [1.165, 1.54) is 13.0 Å². The van der Waals surface area contributed by atoms with Gasteiger partial charge in [0.25, 0.3) is 0 Å². The lowest BCUT2D eigenvalue weighted by atomic mass is 9.79. The highest BCUT2D eigenvalue weighted by Crippen LogP contribution is 2.46. The molecule has 0 fully saturated rings. The van der Waals surface area contributed by atoms with E-state index >= 15 is 0 Å². The Balaban J connectivity index is 2.46. The minimum Gasteiger partial charge on any atom is -0.473 e. The molecule has 0 saturated heterocycles. The van der Waals surface area contributed by atoms with Crippen molar-refractivity contribution in [3.63, 3.8) is 0 Å². The third kappa shape index (κ3) is 3.44. The lowest BCUT2D eigenvalue weighted by molar-refractivity contribution is -0.230. The van der Waals surface area contributed by atoms with E-state index in [1.54, 1.807) is 12.1 Å². The number of hydrogen-bond donors (Lipinski definition) is 0. The smallest absolute Gasteiger partial charge is 0.432 e. The largest absolute Gasteiger partial charge is 0.473 e. The Morgan fingerprint density at radius 1 is 1.17 bits per heavy atom. The number of fused-ring (bicyclic) bond motifs is 1. The van der Waals surface area contributed by atoms with Gasteiger partial charge in [-0.15, -0.1) is 0 Å². The van der Waals surface area contributed by atoms with E-state index in [9.17, 15) is 13.2 Å². The summed E-state index contributed by atoms with van der Waals surface area (Å²) in [7, 11) is 0. The molecule has 0 N–H and O–H groups in total. The maximum absolute atomic E-state index is 13.5. The van der Waals surface area contributed by atoms with E-state index in [4.69, 9.17) is 16.3 Å². The van der Waals surface area contributed by atoms with E-state index in [1.807, 2.05) is 0 Å². The Labute approximate surface area is 146 Å². The molecular weight excluding hydrogens is 337 g/mol. The van der Waals surface area contributed by atoms with Gasteiger partial charge in [-0.1, -0.05) is 58.2 Å². The van der Waals surface area contributed by atoms with Crippen LogP contribution in [0.1, 0.15) is 64.5 Å². The van der Waals surface area contributed by atoms with Gasteiger partial charge in [-0.25, -0.2) is 0 Å². The van der Waals surface area contributed by atoms with Gasteiger partial charge >= 0.3 is 6.18 Å². The number of rotatable bonds is 5. The van der Waals surface area contributed by atoms with Gasteiger partial charge in [-0.2, -0.15) is 13.2 Å². The van der Waals surface area contributed by atoms with E-state index in [0.717, 1.165) is 30.9 Å². The first-order valence-corrected chi connectivity index (χ1v) is 8.73. The molecule has 0 spiro atoms. The zero-order valence-electron chi connectivity index (χ0n) is 14.6. The molecule has 0 bridgehead atoms. The number of halogens is 4. The van der Waals surface area contributed by atoms with Crippen LogP contribution in [0.15, 0.2) is 18.2 Å². The fraction of sp³-hybridized carbons (Fsp3) is 0.579. The minimum absolute atomic E-state index is 0.177. The van der Waals surface area contributed by atoms with E-state index in [0.29, 0.717) is 10.6 Å². The zero-order chi connectivity index (χ0) is 18.2. The van der Waals surface area contributed by atoms with Gasteiger partial charge in [-0.05, 0) is 42.0 Å². The average molecular weight is 361 g/mol. The fourth-order valence-electron chi connectivity index (χ4n) is 3.06. The summed E-state index contributed by atoms with van der Waals surface area (Å²) >= 11 is 6.41. The molecule has 1 atom stereocenters. The molecule has 1 aliphatic rings. The lowest BCUT2D eigenvalue weighted by Gasteiger charge is -2.36. The molecule has 5 heteroatoms. The Morgan fingerprint density at radius 3 is 2.38 bits per heavy atom. The van der Waals surface area contributed by atoms with Crippen LogP contribution in [0.2, 0.25) is 5.02 Å². The van der Waals surface area contributed by atoms with Crippen molar-refractivity contribution >= 4 is 17.7 Å². The van der Waals surface area contributed by atoms with Crippen LogP contribution in [-0.4, -0.2) is 11.8 Å². The van der Waals surface area contributed by atoms with Crippen molar-refractivity contribution in [3.8, 4) is 5.75 Å². The third-order valence-electron chi connectivity index (χ3n) is 4.81. The van der Waals surface area contributed by atoms with Crippen LogP contribution in [0.3, 0.4) is 0 Å². The molecule has 134 valence electrons. The van der Waals surface area contributed by atoms with Crippen molar-refractivity contribution in [1.29, 1.82) is 0 Å². The lowest BCUT2D eigenvalue weighted by Crippen LogP contribution is -2.49. The van der Waals surface area contributed by atoms with Gasteiger partial charge in [0.05, 0.1) is 0 Å². The van der Waals surface area contributed by atoms with Gasteiger partial charge in [0.2, 0.25) is 5.60 Å². The number of ether oxygens (including phenoxy) is 1.